The van der Waals surface area contributed by atoms with Crippen LogP contribution < -0.4 is 0 Å². The first kappa shape index (κ1) is 16.0. The Labute approximate surface area is 127 Å². The maximum Gasteiger partial charge on any atom is 0.338 e. The molecule has 1 aliphatic heterocycles. The van der Waals surface area contributed by atoms with E-state index in [4.69, 9.17) is 4.74 Å². The molecule has 0 aromatic heterocycles. The topological polar surface area (TPSA) is 32.8 Å². The van der Waals surface area contributed by atoms with Crippen molar-refractivity contribution in [3.63, 3.8) is 0 Å². The van der Waals surface area contributed by atoms with Crippen molar-refractivity contribution in [2.75, 3.05) is 39.8 Å². The number of carbonyl (C=O) groups excluding carboxylic acids is 1. The van der Waals surface area contributed by atoms with Gasteiger partial charge in [-0.2, -0.15) is 0 Å². The van der Waals surface area contributed by atoms with Gasteiger partial charge in [0.2, 0.25) is 0 Å². The lowest BCUT2D eigenvalue weighted by Crippen LogP contribution is -2.43. The molecule has 0 unspecified atom stereocenters. The summed E-state index contributed by atoms with van der Waals surface area (Å²) in [6, 6.07) is 7.81. The van der Waals surface area contributed by atoms with E-state index in [2.05, 4.69) is 22.9 Å². The third kappa shape index (κ3) is 5.14. The second-order valence-electron chi connectivity index (χ2n) is 6.27. The minimum Gasteiger partial charge on any atom is -0.462 e. The van der Waals surface area contributed by atoms with Gasteiger partial charge in [-0.3, -0.25) is 4.90 Å². The number of esters is 1. The normalized spacial score (nSPS) is 17.1. The van der Waals surface area contributed by atoms with Crippen molar-refractivity contribution in [3.05, 3.63) is 35.4 Å². The fourth-order valence-electron chi connectivity index (χ4n) is 2.39. The summed E-state index contributed by atoms with van der Waals surface area (Å²) in [5, 5.41) is 0. The maximum atomic E-state index is 12.0. The maximum absolute atomic E-state index is 12.0. The highest BCUT2D eigenvalue weighted by Gasteiger charge is 2.15. The van der Waals surface area contributed by atoms with Crippen LogP contribution in [0.4, 0.5) is 0 Å². The van der Waals surface area contributed by atoms with Gasteiger partial charge in [-0.15, -0.1) is 0 Å². The first-order valence-corrected chi connectivity index (χ1v) is 7.71. The molecule has 116 valence electrons. The summed E-state index contributed by atoms with van der Waals surface area (Å²) < 4.78 is 5.29. The molecule has 1 aliphatic rings. The van der Waals surface area contributed by atoms with Crippen molar-refractivity contribution in [3.8, 4) is 0 Å². The number of piperazine rings is 1. The molecule has 0 N–H and O–H groups in total. The Hall–Kier alpha value is -1.39. The van der Waals surface area contributed by atoms with Crippen LogP contribution in [0.2, 0.25) is 0 Å². The Balaban J connectivity index is 1.92. The largest absolute Gasteiger partial charge is 0.462 e. The number of benzene rings is 1. The van der Waals surface area contributed by atoms with E-state index in [0.29, 0.717) is 18.1 Å². The van der Waals surface area contributed by atoms with E-state index in [9.17, 15) is 4.79 Å². The van der Waals surface area contributed by atoms with Gasteiger partial charge in [0.1, 0.15) is 0 Å². The Bertz CT molecular complexity index is 466. The first-order valence-electron chi connectivity index (χ1n) is 7.71. The zero-order valence-corrected chi connectivity index (χ0v) is 13.3. The fraction of sp³-hybridized carbons (Fsp3) is 0.588. The third-order valence-corrected chi connectivity index (χ3v) is 3.71. The predicted molar refractivity (Wildman–Crippen MR) is 84.3 cm³/mol. The van der Waals surface area contributed by atoms with Crippen LogP contribution in [-0.2, 0) is 11.3 Å². The van der Waals surface area contributed by atoms with Crippen LogP contribution in [0.15, 0.2) is 24.3 Å². The predicted octanol–water partition coefficient (Wildman–Crippen LogP) is 2.25. The molecular weight excluding hydrogens is 264 g/mol. The zero-order chi connectivity index (χ0) is 15.2. The summed E-state index contributed by atoms with van der Waals surface area (Å²) in [7, 11) is 2.16. The molecule has 0 amide bonds. The monoisotopic (exact) mass is 290 g/mol. The molecule has 21 heavy (non-hydrogen) atoms. The van der Waals surface area contributed by atoms with Crippen LogP contribution in [0.1, 0.15) is 29.8 Å². The average molecular weight is 290 g/mol. The number of ether oxygens (including phenoxy) is 1. The van der Waals surface area contributed by atoms with E-state index in [0.717, 1.165) is 32.7 Å². The number of nitrogens with zero attached hydrogens (tertiary/aromatic N) is 2. The van der Waals surface area contributed by atoms with E-state index in [1.165, 1.54) is 5.56 Å². The van der Waals surface area contributed by atoms with Gasteiger partial charge in [0, 0.05) is 32.7 Å². The minimum atomic E-state index is -0.219. The minimum absolute atomic E-state index is 0.219. The van der Waals surface area contributed by atoms with Gasteiger partial charge in [0.15, 0.2) is 0 Å². The quantitative estimate of drug-likeness (QED) is 0.779. The molecule has 2 rings (SSSR count). The first-order chi connectivity index (χ1) is 10.0. The molecular formula is C17H26N2O2. The molecule has 0 radical (unpaired) electrons. The average Bonchev–Trinajstić information content (AvgIpc) is 2.47. The molecule has 4 heteroatoms. The zero-order valence-electron chi connectivity index (χ0n) is 13.3. The summed E-state index contributed by atoms with van der Waals surface area (Å²) in [5.41, 5.74) is 1.83. The van der Waals surface area contributed by atoms with Crippen molar-refractivity contribution in [2.24, 2.45) is 5.92 Å². The molecule has 1 fully saturated rings. The van der Waals surface area contributed by atoms with E-state index < -0.39 is 0 Å². The van der Waals surface area contributed by atoms with Gasteiger partial charge in [0.05, 0.1) is 12.2 Å². The lowest BCUT2D eigenvalue weighted by Gasteiger charge is -2.32. The molecule has 1 saturated heterocycles. The number of carbonyl (C=O) groups is 1. The highest BCUT2D eigenvalue weighted by molar-refractivity contribution is 5.89. The van der Waals surface area contributed by atoms with E-state index >= 15 is 0 Å². The molecule has 0 atom stereocenters. The summed E-state index contributed by atoms with van der Waals surface area (Å²) in [4.78, 5) is 16.8. The second-order valence-corrected chi connectivity index (χ2v) is 6.27. The number of hydrogen-bond acceptors (Lipinski definition) is 4. The summed E-state index contributed by atoms with van der Waals surface area (Å²) in [6.45, 7) is 9.83. The molecule has 1 aromatic rings. The lowest BCUT2D eigenvalue weighted by atomic mass is 10.1. The molecule has 4 nitrogen and oxygen atoms in total. The van der Waals surface area contributed by atoms with Crippen LogP contribution in [-0.4, -0.2) is 55.6 Å². The number of hydrogen-bond donors (Lipinski definition) is 0. The smallest absolute Gasteiger partial charge is 0.338 e. The van der Waals surface area contributed by atoms with Gasteiger partial charge >= 0.3 is 5.97 Å². The van der Waals surface area contributed by atoms with Crippen molar-refractivity contribution in [1.29, 1.82) is 0 Å². The van der Waals surface area contributed by atoms with Crippen LogP contribution in [0.3, 0.4) is 0 Å². The lowest BCUT2D eigenvalue weighted by molar-refractivity contribution is 0.0458. The Morgan fingerprint density at radius 3 is 2.62 bits per heavy atom. The number of likely N-dealkylation sites (N-methyl/N-ethyl adjacent to an activating group) is 1. The molecule has 1 heterocycles. The van der Waals surface area contributed by atoms with Crippen LogP contribution >= 0.6 is 0 Å². The summed E-state index contributed by atoms with van der Waals surface area (Å²) in [5.74, 6) is 0.145. The van der Waals surface area contributed by atoms with E-state index in [-0.39, 0.29) is 5.97 Å². The third-order valence-electron chi connectivity index (χ3n) is 3.71. The highest BCUT2D eigenvalue weighted by Crippen LogP contribution is 2.11. The van der Waals surface area contributed by atoms with Crippen LogP contribution in [0, 0.1) is 5.92 Å². The van der Waals surface area contributed by atoms with Crippen molar-refractivity contribution < 1.29 is 9.53 Å². The van der Waals surface area contributed by atoms with Gasteiger partial charge in [-0.25, -0.2) is 4.79 Å². The molecule has 0 bridgehead atoms. The van der Waals surface area contributed by atoms with Crippen molar-refractivity contribution in [1.82, 2.24) is 9.80 Å². The second kappa shape index (κ2) is 7.57. The van der Waals surface area contributed by atoms with Gasteiger partial charge < -0.3 is 9.64 Å². The SMILES string of the molecule is CC(C)COC(=O)c1cccc(CN2CCN(C)CC2)c1. The Morgan fingerprint density at radius 2 is 1.95 bits per heavy atom. The van der Waals surface area contributed by atoms with E-state index in [1.54, 1.807) is 0 Å². The number of rotatable bonds is 5. The summed E-state index contributed by atoms with van der Waals surface area (Å²) in [6.07, 6.45) is 0. The van der Waals surface area contributed by atoms with Gasteiger partial charge in [0.25, 0.3) is 0 Å². The van der Waals surface area contributed by atoms with E-state index in [1.807, 2.05) is 32.0 Å². The van der Waals surface area contributed by atoms with Crippen LogP contribution in [0.25, 0.3) is 0 Å². The molecule has 1 aromatic carbocycles. The highest BCUT2D eigenvalue weighted by atomic mass is 16.5. The molecule has 0 spiro atoms. The van der Waals surface area contributed by atoms with Crippen molar-refractivity contribution in [2.45, 2.75) is 20.4 Å². The molecule has 0 saturated carbocycles. The van der Waals surface area contributed by atoms with Gasteiger partial charge in [-0.05, 0) is 30.7 Å². The van der Waals surface area contributed by atoms with Gasteiger partial charge in [-0.1, -0.05) is 26.0 Å². The Kier molecular flexibility index (Phi) is 5.76. The molecule has 0 aliphatic carbocycles. The fourth-order valence-corrected chi connectivity index (χ4v) is 2.39. The Morgan fingerprint density at radius 1 is 1.24 bits per heavy atom. The van der Waals surface area contributed by atoms with Crippen LogP contribution in [0.5, 0.6) is 0 Å². The van der Waals surface area contributed by atoms with Crippen molar-refractivity contribution >= 4 is 5.97 Å². The standard InChI is InChI=1S/C17H26N2O2/c1-14(2)13-21-17(20)16-6-4-5-15(11-16)12-19-9-7-18(3)8-10-19/h4-6,11,14H,7-10,12-13H2,1-3H3. The summed E-state index contributed by atoms with van der Waals surface area (Å²) >= 11 is 0.